The van der Waals surface area contributed by atoms with E-state index in [0.717, 1.165) is 19.4 Å². The van der Waals surface area contributed by atoms with Gasteiger partial charge in [0.2, 0.25) is 5.91 Å². The SMILES string of the molecule is CC(O)CCN(C)C(=O)[C@H]1CCCCN1. The second-order valence-electron chi connectivity index (χ2n) is 4.40. The molecular weight excluding hydrogens is 192 g/mol. The molecule has 0 aromatic heterocycles. The van der Waals surface area contributed by atoms with E-state index in [1.54, 1.807) is 18.9 Å². The second-order valence-corrected chi connectivity index (χ2v) is 4.40. The molecule has 4 heteroatoms. The molecule has 1 rings (SSSR count). The number of aliphatic hydroxyl groups excluding tert-OH is 1. The molecule has 0 aromatic carbocycles. The molecule has 88 valence electrons. The van der Waals surface area contributed by atoms with Gasteiger partial charge in [-0.3, -0.25) is 4.79 Å². The van der Waals surface area contributed by atoms with Crippen LogP contribution in [0, 0.1) is 0 Å². The van der Waals surface area contributed by atoms with E-state index in [1.165, 1.54) is 6.42 Å². The van der Waals surface area contributed by atoms with Crippen LogP contribution >= 0.6 is 0 Å². The first kappa shape index (κ1) is 12.5. The van der Waals surface area contributed by atoms with Gasteiger partial charge in [-0.2, -0.15) is 0 Å². The summed E-state index contributed by atoms with van der Waals surface area (Å²) in [5.74, 6) is 0.162. The van der Waals surface area contributed by atoms with Crippen LogP contribution in [0.5, 0.6) is 0 Å². The molecule has 0 radical (unpaired) electrons. The number of nitrogens with one attached hydrogen (secondary N) is 1. The molecule has 1 aliphatic heterocycles. The van der Waals surface area contributed by atoms with Gasteiger partial charge in [-0.1, -0.05) is 6.42 Å². The van der Waals surface area contributed by atoms with E-state index in [1.807, 2.05) is 0 Å². The zero-order valence-corrected chi connectivity index (χ0v) is 9.70. The molecule has 1 unspecified atom stereocenters. The average Bonchev–Trinajstić information content (AvgIpc) is 2.26. The number of hydrogen-bond acceptors (Lipinski definition) is 3. The number of nitrogens with zero attached hydrogens (tertiary/aromatic N) is 1. The minimum absolute atomic E-state index is 0.00208. The highest BCUT2D eigenvalue weighted by molar-refractivity contribution is 5.81. The summed E-state index contributed by atoms with van der Waals surface area (Å²) in [6.45, 7) is 3.33. The van der Waals surface area contributed by atoms with Gasteiger partial charge in [-0.25, -0.2) is 0 Å². The molecule has 1 saturated heterocycles. The van der Waals surface area contributed by atoms with E-state index < -0.39 is 0 Å². The molecule has 1 amide bonds. The average molecular weight is 214 g/mol. The van der Waals surface area contributed by atoms with Crippen molar-refractivity contribution in [2.75, 3.05) is 20.1 Å². The predicted molar refractivity (Wildman–Crippen MR) is 59.6 cm³/mol. The van der Waals surface area contributed by atoms with E-state index in [9.17, 15) is 4.79 Å². The van der Waals surface area contributed by atoms with Crippen molar-refractivity contribution in [2.45, 2.75) is 44.8 Å². The monoisotopic (exact) mass is 214 g/mol. The summed E-state index contributed by atoms with van der Waals surface area (Å²) < 4.78 is 0. The first-order chi connectivity index (χ1) is 7.11. The molecule has 0 aliphatic carbocycles. The highest BCUT2D eigenvalue weighted by Gasteiger charge is 2.23. The maximum absolute atomic E-state index is 11.9. The lowest BCUT2D eigenvalue weighted by atomic mass is 10.0. The topological polar surface area (TPSA) is 52.6 Å². The second kappa shape index (κ2) is 6.08. The molecule has 2 atom stereocenters. The summed E-state index contributed by atoms with van der Waals surface area (Å²) in [4.78, 5) is 13.6. The van der Waals surface area contributed by atoms with Gasteiger partial charge >= 0.3 is 0 Å². The number of carbonyl (C=O) groups excluding carboxylic acids is 1. The van der Waals surface area contributed by atoms with Gasteiger partial charge in [0.25, 0.3) is 0 Å². The van der Waals surface area contributed by atoms with Crippen LogP contribution < -0.4 is 5.32 Å². The fourth-order valence-corrected chi connectivity index (χ4v) is 1.82. The lowest BCUT2D eigenvalue weighted by Gasteiger charge is -2.27. The van der Waals surface area contributed by atoms with Crippen molar-refractivity contribution >= 4 is 5.91 Å². The molecule has 1 aliphatic rings. The van der Waals surface area contributed by atoms with E-state index in [2.05, 4.69) is 5.32 Å². The van der Waals surface area contributed by atoms with Gasteiger partial charge in [-0.05, 0) is 32.7 Å². The van der Waals surface area contributed by atoms with Crippen LogP contribution in [0.3, 0.4) is 0 Å². The Morgan fingerprint density at radius 1 is 1.60 bits per heavy atom. The Bertz CT molecular complexity index is 201. The molecule has 1 fully saturated rings. The fourth-order valence-electron chi connectivity index (χ4n) is 1.82. The van der Waals surface area contributed by atoms with Crippen molar-refractivity contribution in [1.29, 1.82) is 0 Å². The number of amides is 1. The van der Waals surface area contributed by atoms with E-state index in [0.29, 0.717) is 13.0 Å². The zero-order valence-electron chi connectivity index (χ0n) is 9.70. The first-order valence-electron chi connectivity index (χ1n) is 5.77. The number of likely N-dealkylation sites (N-methyl/N-ethyl adjacent to an activating group) is 1. The Morgan fingerprint density at radius 2 is 2.33 bits per heavy atom. The third-order valence-electron chi connectivity index (χ3n) is 2.87. The molecule has 0 saturated carbocycles. The maximum Gasteiger partial charge on any atom is 0.239 e. The third kappa shape index (κ3) is 4.18. The van der Waals surface area contributed by atoms with Crippen molar-refractivity contribution in [3.05, 3.63) is 0 Å². The number of rotatable bonds is 4. The zero-order chi connectivity index (χ0) is 11.3. The smallest absolute Gasteiger partial charge is 0.239 e. The highest BCUT2D eigenvalue weighted by atomic mass is 16.3. The van der Waals surface area contributed by atoms with Crippen LogP contribution in [0.4, 0.5) is 0 Å². The summed E-state index contributed by atoms with van der Waals surface area (Å²) in [7, 11) is 1.81. The van der Waals surface area contributed by atoms with Gasteiger partial charge in [0.05, 0.1) is 12.1 Å². The predicted octanol–water partition coefficient (Wildman–Crippen LogP) is 0.358. The van der Waals surface area contributed by atoms with E-state index >= 15 is 0 Å². The number of aliphatic hydroxyl groups is 1. The van der Waals surface area contributed by atoms with Crippen molar-refractivity contribution in [3.8, 4) is 0 Å². The normalized spacial score (nSPS) is 23.5. The van der Waals surface area contributed by atoms with Gasteiger partial charge in [-0.15, -0.1) is 0 Å². The Kier molecular flexibility index (Phi) is 5.05. The number of hydrogen-bond donors (Lipinski definition) is 2. The van der Waals surface area contributed by atoms with Gasteiger partial charge < -0.3 is 15.3 Å². The number of piperidine rings is 1. The summed E-state index contributed by atoms with van der Waals surface area (Å²) in [6, 6.07) is -0.00208. The summed E-state index contributed by atoms with van der Waals surface area (Å²) in [6.07, 6.45) is 3.56. The quantitative estimate of drug-likeness (QED) is 0.710. The van der Waals surface area contributed by atoms with Crippen LogP contribution in [0.2, 0.25) is 0 Å². The molecule has 0 bridgehead atoms. The number of carbonyl (C=O) groups is 1. The minimum atomic E-state index is -0.334. The van der Waals surface area contributed by atoms with E-state index in [-0.39, 0.29) is 18.1 Å². The van der Waals surface area contributed by atoms with Crippen LogP contribution in [-0.2, 0) is 4.79 Å². The summed E-state index contributed by atoms with van der Waals surface area (Å²) >= 11 is 0. The highest BCUT2D eigenvalue weighted by Crippen LogP contribution is 2.09. The Morgan fingerprint density at radius 3 is 2.87 bits per heavy atom. The van der Waals surface area contributed by atoms with E-state index in [4.69, 9.17) is 5.11 Å². The van der Waals surface area contributed by atoms with Gasteiger partial charge in [0.1, 0.15) is 0 Å². The minimum Gasteiger partial charge on any atom is -0.393 e. The Balaban J connectivity index is 2.30. The molecule has 4 nitrogen and oxygen atoms in total. The molecular formula is C11H22N2O2. The molecule has 0 spiro atoms. The van der Waals surface area contributed by atoms with Gasteiger partial charge in [0.15, 0.2) is 0 Å². The third-order valence-corrected chi connectivity index (χ3v) is 2.87. The van der Waals surface area contributed by atoms with Crippen LogP contribution in [0.1, 0.15) is 32.6 Å². The molecule has 2 N–H and O–H groups in total. The van der Waals surface area contributed by atoms with Crippen LogP contribution in [0.15, 0.2) is 0 Å². The molecule has 1 heterocycles. The first-order valence-corrected chi connectivity index (χ1v) is 5.77. The molecule has 0 aromatic rings. The van der Waals surface area contributed by atoms with Gasteiger partial charge in [0, 0.05) is 13.6 Å². The summed E-state index contributed by atoms with van der Waals surface area (Å²) in [5.41, 5.74) is 0. The standard InChI is InChI=1S/C11H22N2O2/c1-9(14)6-8-13(2)11(15)10-5-3-4-7-12-10/h9-10,12,14H,3-8H2,1-2H3/t9?,10-/m1/s1. The van der Waals surface area contributed by atoms with Crippen molar-refractivity contribution in [2.24, 2.45) is 0 Å². The van der Waals surface area contributed by atoms with Crippen molar-refractivity contribution in [1.82, 2.24) is 10.2 Å². The Hall–Kier alpha value is -0.610. The van der Waals surface area contributed by atoms with Crippen LogP contribution in [-0.4, -0.2) is 48.2 Å². The fraction of sp³-hybridized carbons (Fsp3) is 0.909. The Labute approximate surface area is 91.6 Å². The van der Waals surface area contributed by atoms with Crippen molar-refractivity contribution < 1.29 is 9.90 Å². The van der Waals surface area contributed by atoms with Crippen LogP contribution in [0.25, 0.3) is 0 Å². The summed E-state index contributed by atoms with van der Waals surface area (Å²) in [5, 5.41) is 12.4. The molecule has 15 heavy (non-hydrogen) atoms. The largest absolute Gasteiger partial charge is 0.393 e. The maximum atomic E-state index is 11.9. The lowest BCUT2D eigenvalue weighted by Crippen LogP contribution is -2.47. The lowest BCUT2D eigenvalue weighted by molar-refractivity contribution is -0.132. The van der Waals surface area contributed by atoms with Crippen molar-refractivity contribution in [3.63, 3.8) is 0 Å².